The van der Waals surface area contributed by atoms with Gasteiger partial charge in [-0.2, -0.15) is 0 Å². The Morgan fingerprint density at radius 1 is 1.10 bits per heavy atom. The predicted octanol–water partition coefficient (Wildman–Crippen LogP) is 5.13. The Morgan fingerprint density at radius 3 is 2.41 bits per heavy atom. The Morgan fingerprint density at radius 2 is 1.78 bits per heavy atom. The maximum atomic E-state index is 14.0. The van der Waals surface area contributed by atoms with Crippen molar-refractivity contribution in [1.82, 2.24) is 9.13 Å². The number of aromatic nitrogens is 2. The zero-order valence-corrected chi connectivity index (χ0v) is 24.7. The third-order valence-corrected chi connectivity index (χ3v) is 7.92. The Labute approximate surface area is 241 Å². The van der Waals surface area contributed by atoms with E-state index in [-0.39, 0.29) is 17.5 Å². The fourth-order valence-corrected chi connectivity index (χ4v) is 6.19. The molecule has 1 aliphatic heterocycles. The van der Waals surface area contributed by atoms with Gasteiger partial charge in [-0.05, 0) is 101 Å². The van der Waals surface area contributed by atoms with Gasteiger partial charge in [0, 0.05) is 17.1 Å². The SMILES string of the molecule is CCOc1ccc([C@@H]2C(C(=O)OC(C)C)=C(C)N=c3s/c(=C/c4cc(C)n(-c5ccc(F)cc5)c4C)c(=O)n32)cc1. The molecule has 0 amide bonds. The molecule has 3 heterocycles. The molecule has 1 aliphatic rings. The number of carbonyl (C=O) groups excluding carboxylic acids is 1. The smallest absolute Gasteiger partial charge is 0.338 e. The van der Waals surface area contributed by atoms with Crippen LogP contribution in [-0.2, 0) is 9.53 Å². The molecule has 212 valence electrons. The summed E-state index contributed by atoms with van der Waals surface area (Å²) in [7, 11) is 0. The number of thiazole rings is 1. The number of ether oxygens (including phenoxy) is 2. The summed E-state index contributed by atoms with van der Waals surface area (Å²) in [6.45, 7) is 11.7. The summed E-state index contributed by atoms with van der Waals surface area (Å²) in [5, 5.41) is 0. The second kappa shape index (κ2) is 11.3. The first-order chi connectivity index (χ1) is 19.6. The Kier molecular flexibility index (Phi) is 7.82. The molecule has 0 saturated heterocycles. The fraction of sp³-hybridized carbons (Fsp3) is 0.281. The van der Waals surface area contributed by atoms with Crippen molar-refractivity contribution in [2.24, 2.45) is 4.99 Å². The molecule has 0 saturated carbocycles. The minimum Gasteiger partial charge on any atom is -0.494 e. The second-order valence-corrected chi connectivity index (χ2v) is 11.2. The van der Waals surface area contributed by atoms with Gasteiger partial charge in [0.25, 0.3) is 5.56 Å². The van der Waals surface area contributed by atoms with Crippen LogP contribution < -0.4 is 19.6 Å². The van der Waals surface area contributed by atoms with Crippen LogP contribution in [0.4, 0.5) is 4.39 Å². The van der Waals surface area contributed by atoms with Gasteiger partial charge in [-0.1, -0.05) is 23.5 Å². The van der Waals surface area contributed by atoms with E-state index in [0.29, 0.717) is 33.0 Å². The number of aryl methyl sites for hydroxylation is 1. The fourth-order valence-electron chi connectivity index (χ4n) is 5.15. The zero-order chi connectivity index (χ0) is 29.4. The summed E-state index contributed by atoms with van der Waals surface area (Å²) >= 11 is 1.28. The standard InChI is InChI=1S/C32H32FN3O4S/c1-7-39-26-14-8-22(9-15-26)29-28(31(38)40-18(2)3)20(5)34-32-36(29)30(37)27(41-32)17-23-16-19(4)35(21(23)6)25-12-10-24(33)11-13-25/h8-18,29H,7H2,1-6H3/b27-17+/t29-/m1/s1. The first-order valence-corrected chi connectivity index (χ1v) is 14.3. The lowest BCUT2D eigenvalue weighted by atomic mass is 9.96. The molecular formula is C32H32FN3O4S. The molecular weight excluding hydrogens is 541 g/mol. The highest BCUT2D eigenvalue weighted by Gasteiger charge is 2.33. The highest BCUT2D eigenvalue weighted by molar-refractivity contribution is 7.07. The molecule has 0 N–H and O–H groups in total. The molecule has 1 atom stereocenters. The van der Waals surface area contributed by atoms with Gasteiger partial charge in [0.05, 0.1) is 34.6 Å². The third-order valence-electron chi connectivity index (χ3n) is 6.93. The van der Waals surface area contributed by atoms with Crippen LogP contribution in [0.25, 0.3) is 11.8 Å². The molecule has 5 rings (SSSR count). The van der Waals surface area contributed by atoms with Crippen molar-refractivity contribution in [2.45, 2.75) is 53.7 Å². The molecule has 7 nitrogen and oxygen atoms in total. The number of esters is 1. The topological polar surface area (TPSA) is 74.8 Å². The molecule has 0 radical (unpaired) electrons. The van der Waals surface area contributed by atoms with E-state index in [1.165, 1.54) is 23.5 Å². The van der Waals surface area contributed by atoms with Gasteiger partial charge in [0.1, 0.15) is 11.6 Å². The van der Waals surface area contributed by atoms with Gasteiger partial charge in [-0.15, -0.1) is 0 Å². The van der Waals surface area contributed by atoms with Crippen LogP contribution in [0.1, 0.15) is 56.3 Å². The molecule has 9 heteroatoms. The van der Waals surface area contributed by atoms with Crippen LogP contribution in [0.3, 0.4) is 0 Å². The van der Waals surface area contributed by atoms with Crippen molar-refractivity contribution in [3.63, 3.8) is 0 Å². The van der Waals surface area contributed by atoms with E-state index in [0.717, 1.165) is 28.2 Å². The van der Waals surface area contributed by atoms with E-state index in [1.807, 2.05) is 61.7 Å². The van der Waals surface area contributed by atoms with Gasteiger partial charge in [0.15, 0.2) is 4.80 Å². The average molecular weight is 574 g/mol. The quantitative estimate of drug-likeness (QED) is 0.287. The number of fused-ring (bicyclic) bond motifs is 1. The van der Waals surface area contributed by atoms with Gasteiger partial charge < -0.3 is 14.0 Å². The van der Waals surface area contributed by atoms with Crippen molar-refractivity contribution >= 4 is 23.4 Å². The summed E-state index contributed by atoms with van der Waals surface area (Å²) in [4.78, 5) is 32.5. The third kappa shape index (κ3) is 5.41. The first kappa shape index (κ1) is 28.3. The number of hydrogen-bond acceptors (Lipinski definition) is 6. The Hall–Kier alpha value is -4.24. The number of hydrogen-bond donors (Lipinski definition) is 0. The Balaban J connectivity index is 1.66. The predicted molar refractivity (Wildman–Crippen MR) is 158 cm³/mol. The minimum atomic E-state index is -0.707. The van der Waals surface area contributed by atoms with Crippen molar-refractivity contribution in [3.8, 4) is 11.4 Å². The number of benzene rings is 2. The molecule has 0 fully saturated rings. The van der Waals surface area contributed by atoms with E-state index in [9.17, 15) is 14.0 Å². The van der Waals surface area contributed by atoms with Crippen LogP contribution in [0.2, 0.25) is 0 Å². The maximum absolute atomic E-state index is 14.0. The molecule has 0 unspecified atom stereocenters. The van der Waals surface area contributed by atoms with Crippen molar-refractivity contribution in [1.29, 1.82) is 0 Å². The van der Waals surface area contributed by atoms with Crippen LogP contribution in [0, 0.1) is 19.7 Å². The van der Waals surface area contributed by atoms with Crippen molar-refractivity contribution in [2.75, 3.05) is 6.61 Å². The van der Waals surface area contributed by atoms with Gasteiger partial charge in [-0.25, -0.2) is 14.2 Å². The summed E-state index contributed by atoms with van der Waals surface area (Å²) in [5.74, 6) is -0.101. The second-order valence-electron chi connectivity index (χ2n) is 10.2. The molecule has 2 aromatic carbocycles. The van der Waals surface area contributed by atoms with Gasteiger partial charge >= 0.3 is 5.97 Å². The highest BCUT2D eigenvalue weighted by atomic mass is 32.1. The normalized spacial score (nSPS) is 15.2. The Bertz CT molecular complexity index is 1830. The maximum Gasteiger partial charge on any atom is 0.338 e. The van der Waals surface area contributed by atoms with Crippen LogP contribution in [0.5, 0.6) is 5.75 Å². The molecule has 0 spiro atoms. The number of allylic oxidation sites excluding steroid dienone is 1. The monoisotopic (exact) mass is 573 g/mol. The lowest BCUT2D eigenvalue weighted by Crippen LogP contribution is -2.40. The summed E-state index contributed by atoms with van der Waals surface area (Å²) < 4.78 is 28.8. The van der Waals surface area contributed by atoms with Crippen LogP contribution >= 0.6 is 11.3 Å². The number of halogens is 1. The molecule has 2 aromatic heterocycles. The number of carbonyl (C=O) groups is 1. The van der Waals surface area contributed by atoms with Gasteiger partial charge in [0.2, 0.25) is 0 Å². The van der Waals surface area contributed by atoms with Gasteiger partial charge in [-0.3, -0.25) is 9.36 Å². The summed E-state index contributed by atoms with van der Waals surface area (Å²) in [6.07, 6.45) is 1.53. The van der Waals surface area contributed by atoms with E-state index < -0.39 is 12.0 Å². The van der Waals surface area contributed by atoms with E-state index in [1.54, 1.807) is 37.5 Å². The molecule has 41 heavy (non-hydrogen) atoms. The zero-order valence-electron chi connectivity index (χ0n) is 23.9. The summed E-state index contributed by atoms with van der Waals surface area (Å²) in [5.41, 5.74) is 4.91. The molecule has 0 aliphatic carbocycles. The van der Waals surface area contributed by atoms with E-state index in [4.69, 9.17) is 9.47 Å². The lowest BCUT2D eigenvalue weighted by molar-refractivity contribution is -0.143. The van der Waals surface area contributed by atoms with Crippen molar-refractivity contribution < 1.29 is 18.7 Å². The molecule has 4 aromatic rings. The van der Waals surface area contributed by atoms with Crippen LogP contribution in [0.15, 0.2) is 75.7 Å². The van der Waals surface area contributed by atoms with Crippen molar-refractivity contribution in [3.05, 3.63) is 114 Å². The number of rotatable bonds is 7. The highest BCUT2D eigenvalue weighted by Crippen LogP contribution is 2.32. The average Bonchev–Trinajstić information content (AvgIpc) is 3.38. The van der Waals surface area contributed by atoms with Crippen LogP contribution in [-0.4, -0.2) is 27.8 Å². The number of nitrogens with zero attached hydrogens (tertiary/aromatic N) is 3. The van der Waals surface area contributed by atoms with E-state index >= 15 is 0 Å². The largest absolute Gasteiger partial charge is 0.494 e. The van der Waals surface area contributed by atoms with E-state index in [2.05, 4.69) is 4.99 Å². The lowest BCUT2D eigenvalue weighted by Gasteiger charge is -2.25. The summed E-state index contributed by atoms with van der Waals surface area (Å²) in [6, 6.07) is 15.0. The molecule has 0 bridgehead atoms. The first-order valence-electron chi connectivity index (χ1n) is 13.5. The minimum absolute atomic E-state index is 0.249.